The first-order chi connectivity index (χ1) is 8.75. The van der Waals surface area contributed by atoms with Crippen molar-refractivity contribution in [3.63, 3.8) is 0 Å². The van der Waals surface area contributed by atoms with Gasteiger partial charge in [0.25, 0.3) is 0 Å². The number of nitrogen functional groups attached to an aromatic ring is 1. The summed E-state index contributed by atoms with van der Waals surface area (Å²) in [6, 6.07) is 8.13. The quantitative estimate of drug-likeness (QED) is 0.821. The van der Waals surface area contributed by atoms with E-state index in [1.807, 2.05) is 28.9 Å². The molecular weight excluding hydrogens is 226 g/mol. The molecule has 5 nitrogen and oxygen atoms in total. The highest BCUT2D eigenvalue weighted by atomic mass is 15.6. The second-order valence-electron chi connectivity index (χ2n) is 5.05. The second-order valence-corrected chi connectivity index (χ2v) is 5.05. The molecule has 0 saturated heterocycles. The molecule has 1 aromatic heterocycles. The minimum Gasteiger partial charge on any atom is -0.399 e. The number of hydrogen-bond donors (Lipinski definition) is 1. The number of anilines is 1. The molecule has 0 bridgehead atoms. The van der Waals surface area contributed by atoms with Crippen molar-refractivity contribution in [2.45, 2.75) is 32.2 Å². The van der Waals surface area contributed by atoms with Crippen LogP contribution in [-0.4, -0.2) is 20.2 Å². The number of rotatable bonds is 2. The van der Waals surface area contributed by atoms with Crippen molar-refractivity contribution >= 4 is 5.69 Å². The van der Waals surface area contributed by atoms with E-state index >= 15 is 0 Å². The predicted octanol–water partition coefficient (Wildman–Crippen LogP) is 2.28. The Morgan fingerprint density at radius 3 is 2.94 bits per heavy atom. The maximum atomic E-state index is 5.82. The molecule has 0 amide bonds. The van der Waals surface area contributed by atoms with Crippen LogP contribution < -0.4 is 5.73 Å². The second kappa shape index (κ2) is 4.40. The molecule has 0 radical (unpaired) electrons. The van der Waals surface area contributed by atoms with E-state index < -0.39 is 0 Å². The lowest BCUT2D eigenvalue weighted by Crippen LogP contribution is -2.14. The summed E-state index contributed by atoms with van der Waals surface area (Å²) in [6.07, 6.45) is 3.66. The first-order valence-corrected chi connectivity index (χ1v) is 6.39. The summed E-state index contributed by atoms with van der Waals surface area (Å²) in [7, 11) is 0. The minimum atomic E-state index is 0.413. The van der Waals surface area contributed by atoms with Crippen LogP contribution in [0.15, 0.2) is 24.3 Å². The van der Waals surface area contributed by atoms with E-state index in [9.17, 15) is 0 Å². The van der Waals surface area contributed by atoms with Crippen LogP contribution in [0.3, 0.4) is 0 Å². The lowest BCUT2D eigenvalue weighted by atomic mass is 10.1. The lowest BCUT2D eigenvalue weighted by Gasteiger charge is -2.16. The molecule has 18 heavy (non-hydrogen) atoms. The molecule has 3 rings (SSSR count). The third-order valence-corrected chi connectivity index (χ3v) is 3.77. The SMILES string of the molecule is CC1CCCC1n1nnnc1-c1cccc(N)c1. The molecule has 1 aliphatic carbocycles. The summed E-state index contributed by atoms with van der Waals surface area (Å²) in [4.78, 5) is 0. The summed E-state index contributed by atoms with van der Waals surface area (Å²) < 4.78 is 1.96. The maximum absolute atomic E-state index is 5.82. The molecule has 2 atom stereocenters. The van der Waals surface area contributed by atoms with Crippen molar-refractivity contribution in [1.29, 1.82) is 0 Å². The zero-order chi connectivity index (χ0) is 12.5. The Balaban J connectivity index is 2.01. The number of tetrazole rings is 1. The predicted molar refractivity (Wildman–Crippen MR) is 69.7 cm³/mol. The van der Waals surface area contributed by atoms with Crippen LogP contribution in [0.2, 0.25) is 0 Å². The molecule has 1 heterocycles. The first kappa shape index (κ1) is 11.2. The standard InChI is InChI=1S/C13H17N5/c1-9-4-2-7-12(9)18-13(15-16-17-18)10-5-3-6-11(14)8-10/h3,5-6,8-9,12H,2,4,7,14H2,1H3. The Morgan fingerprint density at radius 1 is 1.33 bits per heavy atom. The van der Waals surface area contributed by atoms with Crippen molar-refractivity contribution in [2.24, 2.45) is 5.92 Å². The fourth-order valence-corrected chi connectivity index (χ4v) is 2.77. The molecule has 1 fully saturated rings. The Labute approximate surface area is 106 Å². The Kier molecular flexibility index (Phi) is 2.74. The summed E-state index contributed by atoms with van der Waals surface area (Å²) in [5, 5.41) is 12.2. The molecule has 2 aromatic rings. The van der Waals surface area contributed by atoms with Gasteiger partial charge in [0.1, 0.15) is 0 Å². The first-order valence-electron chi connectivity index (χ1n) is 6.39. The highest BCUT2D eigenvalue weighted by molar-refractivity contribution is 5.60. The van der Waals surface area contributed by atoms with Crippen LogP contribution in [-0.2, 0) is 0 Å². The Bertz CT molecular complexity index is 548. The van der Waals surface area contributed by atoms with Crippen molar-refractivity contribution in [1.82, 2.24) is 20.2 Å². The van der Waals surface area contributed by atoms with Crippen LogP contribution >= 0.6 is 0 Å². The molecular formula is C13H17N5. The molecule has 1 aromatic carbocycles. The third kappa shape index (κ3) is 1.85. The molecule has 2 unspecified atom stereocenters. The van der Waals surface area contributed by atoms with Crippen LogP contribution in [0.4, 0.5) is 5.69 Å². The number of benzene rings is 1. The van der Waals surface area contributed by atoms with Gasteiger partial charge >= 0.3 is 0 Å². The zero-order valence-electron chi connectivity index (χ0n) is 10.5. The highest BCUT2D eigenvalue weighted by Crippen LogP contribution is 2.36. The molecule has 1 saturated carbocycles. The topological polar surface area (TPSA) is 69.6 Å². The van der Waals surface area contributed by atoms with Gasteiger partial charge in [-0.15, -0.1) is 5.10 Å². The van der Waals surface area contributed by atoms with Gasteiger partial charge in [0.05, 0.1) is 6.04 Å². The van der Waals surface area contributed by atoms with Crippen LogP contribution in [0.1, 0.15) is 32.2 Å². The van der Waals surface area contributed by atoms with E-state index in [1.165, 1.54) is 12.8 Å². The van der Waals surface area contributed by atoms with Crippen LogP contribution in [0.25, 0.3) is 11.4 Å². The van der Waals surface area contributed by atoms with Gasteiger partial charge in [-0.3, -0.25) is 0 Å². The van der Waals surface area contributed by atoms with Crippen molar-refractivity contribution in [2.75, 3.05) is 5.73 Å². The minimum absolute atomic E-state index is 0.413. The van der Waals surface area contributed by atoms with Gasteiger partial charge in [-0.25, -0.2) is 4.68 Å². The van der Waals surface area contributed by atoms with Crippen LogP contribution in [0, 0.1) is 5.92 Å². The molecule has 0 aliphatic heterocycles. The number of nitrogens with zero attached hydrogens (tertiary/aromatic N) is 4. The molecule has 0 spiro atoms. The fraction of sp³-hybridized carbons (Fsp3) is 0.462. The normalized spacial score (nSPS) is 23.4. The van der Waals surface area contributed by atoms with Crippen molar-refractivity contribution in [3.8, 4) is 11.4 Å². The number of hydrogen-bond acceptors (Lipinski definition) is 4. The van der Waals surface area contributed by atoms with Gasteiger partial charge in [-0.05, 0) is 41.3 Å². The summed E-state index contributed by atoms with van der Waals surface area (Å²) in [5.74, 6) is 1.45. The summed E-state index contributed by atoms with van der Waals surface area (Å²) >= 11 is 0. The summed E-state index contributed by atoms with van der Waals surface area (Å²) in [6.45, 7) is 2.27. The van der Waals surface area contributed by atoms with Crippen molar-refractivity contribution in [3.05, 3.63) is 24.3 Å². The van der Waals surface area contributed by atoms with E-state index in [2.05, 4.69) is 22.4 Å². The fourth-order valence-electron chi connectivity index (χ4n) is 2.77. The van der Waals surface area contributed by atoms with E-state index in [1.54, 1.807) is 0 Å². The van der Waals surface area contributed by atoms with Gasteiger partial charge in [-0.2, -0.15) is 0 Å². The average Bonchev–Trinajstić information content (AvgIpc) is 2.96. The van der Waals surface area contributed by atoms with E-state index in [0.29, 0.717) is 12.0 Å². The monoisotopic (exact) mass is 243 g/mol. The van der Waals surface area contributed by atoms with E-state index in [0.717, 1.165) is 23.5 Å². The lowest BCUT2D eigenvalue weighted by molar-refractivity contribution is 0.370. The van der Waals surface area contributed by atoms with Gasteiger partial charge < -0.3 is 5.73 Å². The molecule has 5 heteroatoms. The van der Waals surface area contributed by atoms with E-state index in [4.69, 9.17) is 5.73 Å². The number of nitrogens with two attached hydrogens (primary N) is 1. The maximum Gasteiger partial charge on any atom is 0.182 e. The number of aromatic nitrogens is 4. The molecule has 1 aliphatic rings. The summed E-state index contributed by atoms with van der Waals surface area (Å²) in [5.41, 5.74) is 7.54. The third-order valence-electron chi connectivity index (χ3n) is 3.77. The zero-order valence-corrected chi connectivity index (χ0v) is 10.5. The van der Waals surface area contributed by atoms with Crippen molar-refractivity contribution < 1.29 is 0 Å². The van der Waals surface area contributed by atoms with Gasteiger partial charge in [-0.1, -0.05) is 25.5 Å². The van der Waals surface area contributed by atoms with Gasteiger partial charge in [0.2, 0.25) is 0 Å². The van der Waals surface area contributed by atoms with E-state index in [-0.39, 0.29) is 0 Å². The molecule has 2 N–H and O–H groups in total. The Morgan fingerprint density at radius 2 is 2.22 bits per heavy atom. The van der Waals surface area contributed by atoms with Gasteiger partial charge in [0, 0.05) is 11.3 Å². The average molecular weight is 243 g/mol. The smallest absolute Gasteiger partial charge is 0.182 e. The van der Waals surface area contributed by atoms with Gasteiger partial charge in [0.15, 0.2) is 5.82 Å². The largest absolute Gasteiger partial charge is 0.399 e. The van der Waals surface area contributed by atoms with Crippen LogP contribution in [0.5, 0.6) is 0 Å². The highest BCUT2D eigenvalue weighted by Gasteiger charge is 2.28. The Hall–Kier alpha value is -1.91. The molecule has 94 valence electrons.